The van der Waals surface area contributed by atoms with Crippen LogP contribution in [0.4, 0.5) is 0 Å². The SMILES string of the molecule is CC(C)CCCNS(=O)(=O)c1ccc(Cl)c(CO)c1. The maximum Gasteiger partial charge on any atom is 0.240 e. The number of nitrogens with one attached hydrogen (secondary N) is 1. The number of aliphatic hydroxyl groups is 1. The lowest BCUT2D eigenvalue weighted by molar-refractivity contribution is 0.281. The Morgan fingerprint density at radius 1 is 1.37 bits per heavy atom. The lowest BCUT2D eigenvalue weighted by Crippen LogP contribution is -2.25. The minimum Gasteiger partial charge on any atom is -0.392 e. The molecule has 0 aliphatic heterocycles. The minimum absolute atomic E-state index is 0.130. The van der Waals surface area contributed by atoms with E-state index in [1.807, 2.05) is 0 Å². The molecule has 0 fully saturated rings. The van der Waals surface area contributed by atoms with Gasteiger partial charge < -0.3 is 5.11 Å². The lowest BCUT2D eigenvalue weighted by Gasteiger charge is -2.09. The van der Waals surface area contributed by atoms with E-state index in [1.54, 1.807) is 0 Å². The van der Waals surface area contributed by atoms with Crippen molar-refractivity contribution in [3.8, 4) is 0 Å². The largest absolute Gasteiger partial charge is 0.392 e. The van der Waals surface area contributed by atoms with Crippen LogP contribution < -0.4 is 4.72 Å². The molecule has 1 aromatic rings. The van der Waals surface area contributed by atoms with Crippen molar-refractivity contribution in [1.29, 1.82) is 0 Å². The highest BCUT2D eigenvalue weighted by molar-refractivity contribution is 7.89. The van der Waals surface area contributed by atoms with E-state index in [9.17, 15) is 8.42 Å². The monoisotopic (exact) mass is 305 g/mol. The van der Waals surface area contributed by atoms with E-state index in [4.69, 9.17) is 16.7 Å². The van der Waals surface area contributed by atoms with E-state index in [0.717, 1.165) is 12.8 Å². The van der Waals surface area contributed by atoms with Crippen molar-refractivity contribution in [3.63, 3.8) is 0 Å². The highest BCUT2D eigenvalue weighted by Gasteiger charge is 2.15. The predicted molar refractivity (Wildman–Crippen MR) is 76.6 cm³/mol. The van der Waals surface area contributed by atoms with Crippen LogP contribution in [0.2, 0.25) is 5.02 Å². The molecule has 6 heteroatoms. The molecule has 0 aliphatic carbocycles. The molecule has 1 aromatic carbocycles. The Morgan fingerprint density at radius 3 is 2.63 bits per heavy atom. The van der Waals surface area contributed by atoms with Crippen molar-refractivity contribution in [3.05, 3.63) is 28.8 Å². The summed E-state index contributed by atoms with van der Waals surface area (Å²) >= 11 is 5.83. The maximum atomic E-state index is 12.0. The summed E-state index contributed by atoms with van der Waals surface area (Å²) in [6.45, 7) is 4.33. The second kappa shape index (κ2) is 7.24. The van der Waals surface area contributed by atoms with Gasteiger partial charge in [0.15, 0.2) is 0 Å². The number of halogens is 1. The number of rotatable bonds is 7. The third-order valence-electron chi connectivity index (χ3n) is 2.75. The molecule has 0 aliphatic rings. The van der Waals surface area contributed by atoms with E-state index >= 15 is 0 Å². The van der Waals surface area contributed by atoms with Crippen molar-refractivity contribution >= 4 is 21.6 Å². The first-order valence-corrected chi connectivity index (χ1v) is 8.12. The fourth-order valence-corrected chi connectivity index (χ4v) is 2.94. The summed E-state index contributed by atoms with van der Waals surface area (Å²) in [5.74, 6) is 0.557. The average molecular weight is 306 g/mol. The quantitative estimate of drug-likeness (QED) is 0.761. The van der Waals surface area contributed by atoms with Crippen molar-refractivity contribution < 1.29 is 13.5 Å². The Kier molecular flexibility index (Phi) is 6.26. The van der Waals surface area contributed by atoms with Gasteiger partial charge in [-0.3, -0.25) is 0 Å². The van der Waals surface area contributed by atoms with Crippen LogP contribution >= 0.6 is 11.6 Å². The fraction of sp³-hybridized carbons (Fsp3) is 0.538. The van der Waals surface area contributed by atoms with Gasteiger partial charge >= 0.3 is 0 Å². The normalized spacial score (nSPS) is 12.1. The Morgan fingerprint density at radius 2 is 2.05 bits per heavy atom. The molecule has 0 saturated carbocycles. The fourth-order valence-electron chi connectivity index (χ4n) is 1.64. The topological polar surface area (TPSA) is 66.4 Å². The summed E-state index contributed by atoms with van der Waals surface area (Å²) < 4.78 is 26.6. The van der Waals surface area contributed by atoms with Gasteiger partial charge in [0.1, 0.15) is 0 Å². The first-order chi connectivity index (χ1) is 8.86. The summed E-state index contributed by atoms with van der Waals surface area (Å²) in [6.07, 6.45) is 1.78. The summed E-state index contributed by atoms with van der Waals surface area (Å²) in [6, 6.07) is 4.31. The Hall–Kier alpha value is -0.620. The molecule has 0 spiro atoms. The van der Waals surface area contributed by atoms with Crippen LogP contribution in [-0.4, -0.2) is 20.1 Å². The number of benzene rings is 1. The van der Waals surface area contributed by atoms with Gasteiger partial charge in [0.25, 0.3) is 0 Å². The van der Waals surface area contributed by atoms with Crippen molar-refractivity contribution in [2.75, 3.05) is 6.54 Å². The summed E-state index contributed by atoms with van der Waals surface area (Å²) in [5, 5.41) is 9.45. The van der Waals surface area contributed by atoms with Gasteiger partial charge in [-0.05, 0) is 42.5 Å². The second-order valence-corrected chi connectivity index (χ2v) is 7.02. The summed E-state index contributed by atoms with van der Waals surface area (Å²) in [5.41, 5.74) is 0.409. The second-order valence-electron chi connectivity index (χ2n) is 4.85. The molecule has 0 heterocycles. The zero-order valence-electron chi connectivity index (χ0n) is 11.2. The number of hydrogen-bond acceptors (Lipinski definition) is 3. The van der Waals surface area contributed by atoms with Gasteiger partial charge in [-0.15, -0.1) is 0 Å². The highest BCUT2D eigenvalue weighted by atomic mass is 35.5. The van der Waals surface area contributed by atoms with Crippen molar-refractivity contribution in [1.82, 2.24) is 4.72 Å². The first kappa shape index (κ1) is 16.4. The molecule has 4 nitrogen and oxygen atoms in total. The zero-order chi connectivity index (χ0) is 14.5. The molecule has 0 unspecified atom stereocenters. The Labute approximate surface area is 119 Å². The minimum atomic E-state index is -3.53. The molecule has 19 heavy (non-hydrogen) atoms. The van der Waals surface area contributed by atoms with E-state index in [0.29, 0.717) is 23.0 Å². The van der Waals surface area contributed by atoms with Gasteiger partial charge in [-0.2, -0.15) is 0 Å². The molecule has 2 N–H and O–H groups in total. The van der Waals surface area contributed by atoms with E-state index < -0.39 is 10.0 Å². The van der Waals surface area contributed by atoms with Crippen LogP contribution in [0.15, 0.2) is 23.1 Å². The van der Waals surface area contributed by atoms with Crippen molar-refractivity contribution in [2.24, 2.45) is 5.92 Å². The predicted octanol–water partition coefficient (Wildman–Crippen LogP) is 2.55. The average Bonchev–Trinajstić information content (AvgIpc) is 2.35. The molecule has 0 saturated heterocycles. The molecule has 0 radical (unpaired) electrons. The van der Waals surface area contributed by atoms with Crippen LogP contribution in [-0.2, 0) is 16.6 Å². The van der Waals surface area contributed by atoms with Gasteiger partial charge in [0, 0.05) is 11.6 Å². The number of aliphatic hydroxyl groups excluding tert-OH is 1. The molecular formula is C13H20ClNO3S. The van der Waals surface area contributed by atoms with Crippen LogP contribution in [0.3, 0.4) is 0 Å². The van der Waals surface area contributed by atoms with Crippen LogP contribution in [0.1, 0.15) is 32.3 Å². The van der Waals surface area contributed by atoms with Crippen molar-refractivity contribution in [2.45, 2.75) is 38.2 Å². The number of sulfonamides is 1. The van der Waals surface area contributed by atoms with E-state index in [2.05, 4.69) is 18.6 Å². The van der Waals surface area contributed by atoms with Crippen LogP contribution in [0.25, 0.3) is 0 Å². The molecule has 0 bridgehead atoms. The maximum absolute atomic E-state index is 12.0. The summed E-state index contributed by atoms with van der Waals surface area (Å²) in [4.78, 5) is 0.130. The Balaban J connectivity index is 2.72. The third kappa shape index (κ3) is 5.10. The van der Waals surface area contributed by atoms with Crippen LogP contribution in [0.5, 0.6) is 0 Å². The third-order valence-corrected chi connectivity index (χ3v) is 4.58. The smallest absolute Gasteiger partial charge is 0.240 e. The molecule has 108 valence electrons. The van der Waals surface area contributed by atoms with Gasteiger partial charge in [0.05, 0.1) is 11.5 Å². The van der Waals surface area contributed by atoms with E-state index in [1.165, 1.54) is 18.2 Å². The zero-order valence-corrected chi connectivity index (χ0v) is 12.8. The highest BCUT2D eigenvalue weighted by Crippen LogP contribution is 2.20. The van der Waals surface area contributed by atoms with Gasteiger partial charge in [0.2, 0.25) is 10.0 Å². The first-order valence-electron chi connectivity index (χ1n) is 6.25. The van der Waals surface area contributed by atoms with E-state index in [-0.39, 0.29) is 11.5 Å². The van der Waals surface area contributed by atoms with Crippen LogP contribution in [0, 0.1) is 5.92 Å². The molecule has 1 rings (SSSR count). The van der Waals surface area contributed by atoms with Gasteiger partial charge in [-0.1, -0.05) is 25.4 Å². The summed E-state index contributed by atoms with van der Waals surface area (Å²) in [7, 11) is -3.53. The van der Waals surface area contributed by atoms with Gasteiger partial charge in [-0.25, -0.2) is 13.1 Å². The lowest BCUT2D eigenvalue weighted by atomic mass is 10.1. The molecule has 0 aromatic heterocycles. The number of hydrogen-bond donors (Lipinski definition) is 2. The Bertz CT molecular complexity index is 515. The standard InChI is InChI=1S/C13H20ClNO3S/c1-10(2)4-3-7-15-19(17,18)12-5-6-13(14)11(8-12)9-16/h5-6,8,10,15-16H,3-4,7,9H2,1-2H3. The molecule has 0 amide bonds. The molecular weight excluding hydrogens is 286 g/mol. The molecule has 0 atom stereocenters.